The van der Waals surface area contributed by atoms with Crippen LogP contribution in [0.3, 0.4) is 0 Å². The van der Waals surface area contributed by atoms with Crippen molar-refractivity contribution in [1.29, 1.82) is 0 Å². The van der Waals surface area contributed by atoms with E-state index < -0.39 is 85.4 Å². The molecule has 0 N–H and O–H groups in total. The predicted molar refractivity (Wildman–Crippen MR) is 115 cm³/mol. The van der Waals surface area contributed by atoms with E-state index in [-0.39, 0.29) is 31.4 Å². The molecule has 0 aromatic heterocycles. The van der Waals surface area contributed by atoms with E-state index in [1.807, 2.05) is 0 Å². The van der Waals surface area contributed by atoms with Crippen LogP contribution in [0, 0.1) is 20.2 Å². The van der Waals surface area contributed by atoms with E-state index >= 15 is 0 Å². The molecule has 2 unspecified atom stereocenters. The lowest BCUT2D eigenvalue weighted by atomic mass is 10.2. The normalized spacial score (nSPS) is 18.5. The van der Waals surface area contributed by atoms with Gasteiger partial charge in [0.1, 0.15) is 12.2 Å². The maximum absolute atomic E-state index is 12.8. The second kappa shape index (κ2) is 10.1. The molecule has 0 spiro atoms. The third-order valence-electron chi connectivity index (χ3n) is 5.41. The first-order valence-electron chi connectivity index (χ1n) is 10.3. The quantitative estimate of drug-likeness (QED) is 0.236. The fraction of sp³-hybridized carbons (Fsp3) is 0.368. The number of alkyl halides is 6. The van der Waals surface area contributed by atoms with Crippen molar-refractivity contribution in [3.63, 3.8) is 0 Å². The van der Waals surface area contributed by atoms with Crippen LogP contribution in [0.2, 0.25) is 0 Å². The summed E-state index contributed by atoms with van der Waals surface area (Å²) in [5.41, 5.74) is -13.6. The molecule has 214 valence electrons. The van der Waals surface area contributed by atoms with Gasteiger partial charge in [-0.2, -0.15) is 26.3 Å². The molecular weight excluding hydrogens is 594 g/mol. The van der Waals surface area contributed by atoms with Crippen LogP contribution in [-0.2, 0) is 19.7 Å². The Balaban J connectivity index is 1.80. The highest BCUT2D eigenvalue weighted by molar-refractivity contribution is 7.92. The van der Waals surface area contributed by atoms with Gasteiger partial charge in [-0.15, -0.1) is 0 Å². The van der Waals surface area contributed by atoms with Crippen LogP contribution in [0.4, 0.5) is 37.7 Å². The molecule has 0 aliphatic heterocycles. The SMILES string of the molecule is O=[N+]([O-])c1cc(S(=O)(=O)C(F)(F)F)ccc1OC1CCC(Oc2ccc(S(=O)(=O)C(F)(F)F)cc2[N+](=O)[O-])C1. The number of nitrogens with zero attached hydrogens (tertiary/aromatic N) is 2. The number of nitro benzene ring substituents is 2. The number of nitro groups is 2. The van der Waals surface area contributed by atoms with Crippen molar-refractivity contribution in [3.8, 4) is 11.5 Å². The average molecular weight is 608 g/mol. The summed E-state index contributed by atoms with van der Waals surface area (Å²) >= 11 is 0. The topological polar surface area (TPSA) is 173 Å². The summed E-state index contributed by atoms with van der Waals surface area (Å²) < 4.78 is 134. The number of ether oxygens (including phenoxy) is 2. The molecule has 1 aliphatic carbocycles. The zero-order valence-corrected chi connectivity index (χ0v) is 20.4. The van der Waals surface area contributed by atoms with E-state index in [0.717, 1.165) is 0 Å². The van der Waals surface area contributed by atoms with Crippen molar-refractivity contribution < 1.29 is 62.5 Å². The molecule has 0 bridgehead atoms. The summed E-state index contributed by atoms with van der Waals surface area (Å²) in [6.07, 6.45) is -1.72. The van der Waals surface area contributed by atoms with Crippen LogP contribution < -0.4 is 9.47 Å². The van der Waals surface area contributed by atoms with Crippen molar-refractivity contribution in [2.45, 2.75) is 52.3 Å². The van der Waals surface area contributed by atoms with Crippen molar-refractivity contribution in [1.82, 2.24) is 0 Å². The maximum Gasteiger partial charge on any atom is 0.501 e. The summed E-state index contributed by atoms with van der Waals surface area (Å²) in [4.78, 5) is 17.6. The highest BCUT2D eigenvalue weighted by Crippen LogP contribution is 2.40. The first kappa shape index (κ1) is 29.9. The number of sulfone groups is 2. The monoisotopic (exact) mass is 608 g/mol. The van der Waals surface area contributed by atoms with E-state index in [1.54, 1.807) is 0 Å². The first-order valence-corrected chi connectivity index (χ1v) is 13.2. The van der Waals surface area contributed by atoms with Crippen LogP contribution >= 0.6 is 0 Å². The Labute approximate surface area is 214 Å². The minimum Gasteiger partial charge on any atom is -0.483 e. The molecule has 2 atom stereocenters. The van der Waals surface area contributed by atoms with Crippen LogP contribution in [0.1, 0.15) is 19.3 Å². The van der Waals surface area contributed by atoms with Crippen LogP contribution in [-0.4, -0.2) is 49.9 Å². The maximum atomic E-state index is 12.8. The fourth-order valence-corrected chi connectivity index (χ4v) is 5.12. The molecule has 2 aromatic carbocycles. The molecular formula is C19H14F6N2O10S2. The van der Waals surface area contributed by atoms with E-state index in [9.17, 15) is 63.4 Å². The van der Waals surface area contributed by atoms with Crippen molar-refractivity contribution in [2.24, 2.45) is 0 Å². The molecule has 0 amide bonds. The van der Waals surface area contributed by atoms with Crippen LogP contribution in [0.5, 0.6) is 11.5 Å². The number of hydrogen-bond acceptors (Lipinski definition) is 10. The molecule has 0 radical (unpaired) electrons. The summed E-state index contributed by atoms with van der Waals surface area (Å²) in [5.74, 6) is -1.14. The number of halogens is 6. The Morgan fingerprint density at radius 1 is 0.692 bits per heavy atom. The Hall–Kier alpha value is -3.68. The molecule has 0 saturated heterocycles. The molecule has 2 aromatic rings. The van der Waals surface area contributed by atoms with Gasteiger partial charge in [0, 0.05) is 18.6 Å². The molecule has 12 nitrogen and oxygen atoms in total. The number of hydrogen-bond donors (Lipinski definition) is 0. The van der Waals surface area contributed by atoms with Gasteiger partial charge in [-0.1, -0.05) is 0 Å². The fourth-order valence-electron chi connectivity index (χ4n) is 3.55. The second-order valence-electron chi connectivity index (χ2n) is 7.96. The van der Waals surface area contributed by atoms with Crippen molar-refractivity contribution in [3.05, 3.63) is 56.6 Å². The predicted octanol–water partition coefficient (Wildman–Crippen LogP) is 4.47. The average Bonchev–Trinajstić information content (AvgIpc) is 3.24. The molecule has 0 heterocycles. The smallest absolute Gasteiger partial charge is 0.483 e. The highest BCUT2D eigenvalue weighted by atomic mass is 32.2. The van der Waals surface area contributed by atoms with E-state index in [0.29, 0.717) is 24.3 Å². The van der Waals surface area contributed by atoms with Crippen LogP contribution in [0.25, 0.3) is 0 Å². The molecule has 20 heteroatoms. The molecule has 1 aliphatic rings. The second-order valence-corrected chi connectivity index (χ2v) is 11.8. The zero-order valence-electron chi connectivity index (χ0n) is 18.8. The van der Waals surface area contributed by atoms with E-state index in [2.05, 4.69) is 0 Å². The highest BCUT2D eigenvalue weighted by Gasteiger charge is 2.48. The van der Waals surface area contributed by atoms with Gasteiger partial charge in [0.2, 0.25) is 0 Å². The van der Waals surface area contributed by atoms with Gasteiger partial charge in [0.15, 0.2) is 11.5 Å². The number of benzene rings is 2. The van der Waals surface area contributed by atoms with Crippen molar-refractivity contribution in [2.75, 3.05) is 0 Å². The van der Waals surface area contributed by atoms with Gasteiger partial charge in [-0.25, -0.2) is 16.8 Å². The minimum absolute atomic E-state index is 0.0960. The Morgan fingerprint density at radius 3 is 1.31 bits per heavy atom. The lowest BCUT2D eigenvalue weighted by Gasteiger charge is -2.16. The van der Waals surface area contributed by atoms with E-state index in [1.165, 1.54) is 0 Å². The summed E-state index contributed by atoms with van der Waals surface area (Å²) in [7, 11) is -11.8. The summed E-state index contributed by atoms with van der Waals surface area (Å²) in [6.45, 7) is 0. The van der Waals surface area contributed by atoms with Gasteiger partial charge in [-0.3, -0.25) is 20.2 Å². The Bertz CT molecular complexity index is 1410. The molecule has 39 heavy (non-hydrogen) atoms. The lowest BCUT2D eigenvalue weighted by Crippen LogP contribution is -2.23. The van der Waals surface area contributed by atoms with Gasteiger partial charge in [-0.05, 0) is 37.1 Å². The zero-order chi connectivity index (χ0) is 29.6. The van der Waals surface area contributed by atoms with E-state index in [4.69, 9.17) is 9.47 Å². The molecule has 3 rings (SSSR count). The summed E-state index contributed by atoms with van der Waals surface area (Å²) in [6, 6.07) is 2.62. The van der Waals surface area contributed by atoms with Gasteiger partial charge in [0.05, 0.1) is 19.6 Å². The standard InChI is InChI=1S/C19H14F6N2O10S2/c20-18(21,22)38(32,33)12-3-5-16(14(8-12)26(28)29)36-10-1-2-11(7-10)37-17-6-4-13(9-15(17)27(30)31)39(34,35)19(23,24)25/h3-6,8-11H,1-2,7H2. The largest absolute Gasteiger partial charge is 0.501 e. The summed E-state index contributed by atoms with van der Waals surface area (Å²) in [5, 5.41) is 22.7. The van der Waals surface area contributed by atoms with Crippen LogP contribution in [0.15, 0.2) is 46.2 Å². The third kappa shape index (κ3) is 6.00. The van der Waals surface area contributed by atoms with Gasteiger partial charge >= 0.3 is 22.4 Å². The third-order valence-corrected chi connectivity index (χ3v) is 8.38. The number of rotatable bonds is 8. The Morgan fingerprint density at radius 2 is 1.03 bits per heavy atom. The Kier molecular flexibility index (Phi) is 7.76. The lowest BCUT2D eigenvalue weighted by molar-refractivity contribution is -0.386. The molecule has 1 fully saturated rings. The first-order chi connectivity index (χ1) is 17.8. The minimum atomic E-state index is -5.89. The molecule has 1 saturated carbocycles. The van der Waals surface area contributed by atoms with Gasteiger partial charge < -0.3 is 9.47 Å². The van der Waals surface area contributed by atoms with Crippen molar-refractivity contribution >= 4 is 31.0 Å². The van der Waals surface area contributed by atoms with Gasteiger partial charge in [0.25, 0.3) is 19.7 Å².